The zero-order chi connectivity index (χ0) is 11.6. The highest BCUT2D eigenvalue weighted by Crippen LogP contribution is 2.29. The summed E-state index contributed by atoms with van der Waals surface area (Å²) in [6.07, 6.45) is 5.41. The van der Waals surface area contributed by atoms with E-state index in [1.807, 2.05) is 11.3 Å². The Bertz CT molecular complexity index is 330. The second-order valence-electron chi connectivity index (χ2n) is 5.67. The van der Waals surface area contributed by atoms with Crippen LogP contribution in [0.4, 0.5) is 5.13 Å². The largest absolute Gasteiger partial charge is 0.348 e. The van der Waals surface area contributed by atoms with Gasteiger partial charge in [-0.1, -0.05) is 33.6 Å². The average Bonchev–Trinajstić information content (AvgIpc) is 2.55. The van der Waals surface area contributed by atoms with Crippen LogP contribution < -0.4 is 4.90 Å². The normalized spacial score (nSPS) is 18.6. The van der Waals surface area contributed by atoms with Crippen molar-refractivity contribution in [1.29, 1.82) is 0 Å². The van der Waals surface area contributed by atoms with Crippen molar-refractivity contribution in [1.82, 2.24) is 4.98 Å². The molecule has 2 rings (SSSR count). The summed E-state index contributed by atoms with van der Waals surface area (Å²) in [5, 5.41) is 3.45. The van der Waals surface area contributed by atoms with Crippen LogP contribution >= 0.6 is 11.3 Å². The van der Waals surface area contributed by atoms with E-state index in [-0.39, 0.29) is 5.41 Å². The maximum absolute atomic E-state index is 4.79. The predicted molar refractivity (Wildman–Crippen MR) is 71.5 cm³/mol. The van der Waals surface area contributed by atoms with E-state index in [4.69, 9.17) is 4.98 Å². The first-order chi connectivity index (χ1) is 7.57. The first-order valence-electron chi connectivity index (χ1n) is 6.28. The lowest BCUT2D eigenvalue weighted by Crippen LogP contribution is -2.24. The fourth-order valence-corrected chi connectivity index (χ4v) is 3.12. The van der Waals surface area contributed by atoms with Crippen molar-refractivity contribution in [2.45, 2.75) is 51.9 Å². The Morgan fingerprint density at radius 2 is 1.75 bits per heavy atom. The van der Waals surface area contributed by atoms with Crippen LogP contribution in [0.2, 0.25) is 0 Å². The summed E-state index contributed by atoms with van der Waals surface area (Å²) in [6, 6.07) is 0. The third kappa shape index (κ3) is 2.76. The average molecular weight is 238 g/mol. The van der Waals surface area contributed by atoms with E-state index in [1.165, 1.54) is 49.6 Å². The molecule has 0 unspecified atom stereocenters. The van der Waals surface area contributed by atoms with Gasteiger partial charge >= 0.3 is 0 Å². The van der Waals surface area contributed by atoms with Crippen LogP contribution in [0, 0.1) is 0 Å². The molecule has 1 saturated heterocycles. The van der Waals surface area contributed by atoms with E-state index in [9.17, 15) is 0 Å². The van der Waals surface area contributed by atoms with Crippen LogP contribution in [-0.2, 0) is 5.41 Å². The number of thiazole rings is 1. The van der Waals surface area contributed by atoms with E-state index in [1.54, 1.807) is 0 Å². The van der Waals surface area contributed by atoms with Gasteiger partial charge in [0.1, 0.15) is 0 Å². The van der Waals surface area contributed by atoms with E-state index >= 15 is 0 Å². The van der Waals surface area contributed by atoms with E-state index < -0.39 is 0 Å². The van der Waals surface area contributed by atoms with Crippen LogP contribution in [0.5, 0.6) is 0 Å². The molecule has 1 aliphatic heterocycles. The summed E-state index contributed by atoms with van der Waals surface area (Å²) in [4.78, 5) is 7.26. The summed E-state index contributed by atoms with van der Waals surface area (Å²) >= 11 is 1.81. The molecule has 0 aromatic carbocycles. The first-order valence-corrected chi connectivity index (χ1v) is 7.16. The van der Waals surface area contributed by atoms with Gasteiger partial charge in [0.2, 0.25) is 0 Å². The van der Waals surface area contributed by atoms with E-state index in [2.05, 4.69) is 31.1 Å². The molecule has 0 amide bonds. The lowest BCUT2D eigenvalue weighted by atomic mass is 9.93. The van der Waals surface area contributed by atoms with Crippen LogP contribution in [-0.4, -0.2) is 18.1 Å². The Balaban J connectivity index is 2.11. The second kappa shape index (κ2) is 4.74. The number of rotatable bonds is 1. The summed E-state index contributed by atoms with van der Waals surface area (Å²) in [7, 11) is 0. The molecule has 1 aliphatic rings. The Labute approximate surface area is 103 Å². The minimum Gasteiger partial charge on any atom is -0.348 e. The van der Waals surface area contributed by atoms with E-state index in [0.717, 1.165) is 0 Å². The molecule has 1 aromatic rings. The molecule has 0 N–H and O–H groups in total. The second-order valence-corrected chi connectivity index (χ2v) is 6.50. The lowest BCUT2D eigenvalue weighted by Gasteiger charge is -2.19. The molecule has 2 nitrogen and oxygen atoms in total. The van der Waals surface area contributed by atoms with Gasteiger partial charge in [-0.3, -0.25) is 0 Å². The molecule has 16 heavy (non-hydrogen) atoms. The Kier molecular flexibility index (Phi) is 3.53. The molecule has 0 spiro atoms. The van der Waals surface area contributed by atoms with Gasteiger partial charge in [-0.2, -0.15) is 0 Å². The number of aromatic nitrogens is 1. The van der Waals surface area contributed by atoms with Crippen molar-refractivity contribution < 1.29 is 0 Å². The molecule has 0 bridgehead atoms. The maximum atomic E-state index is 4.79. The predicted octanol–water partition coefficient (Wildman–Crippen LogP) is 3.82. The quantitative estimate of drug-likeness (QED) is 0.739. The number of anilines is 1. The zero-order valence-corrected chi connectivity index (χ0v) is 11.4. The van der Waals surface area contributed by atoms with Crippen molar-refractivity contribution in [3.63, 3.8) is 0 Å². The lowest BCUT2D eigenvalue weighted by molar-refractivity contribution is 0.572. The Morgan fingerprint density at radius 1 is 1.12 bits per heavy atom. The van der Waals surface area contributed by atoms with Crippen molar-refractivity contribution in [2.24, 2.45) is 0 Å². The third-order valence-electron chi connectivity index (χ3n) is 3.14. The minimum atomic E-state index is 0.181. The fourth-order valence-electron chi connectivity index (χ4n) is 2.02. The topological polar surface area (TPSA) is 16.1 Å². The molecule has 1 aromatic heterocycles. The molecule has 0 aliphatic carbocycles. The van der Waals surface area contributed by atoms with E-state index in [0.29, 0.717) is 0 Å². The standard InChI is InChI=1S/C13H22N2S/c1-13(2,3)11-10-16-12(14-11)15-8-6-4-5-7-9-15/h10H,4-9H2,1-3H3. The molecule has 0 saturated carbocycles. The molecule has 0 radical (unpaired) electrons. The van der Waals surface area contributed by atoms with Gasteiger partial charge < -0.3 is 4.90 Å². The Hall–Kier alpha value is -0.570. The number of hydrogen-bond donors (Lipinski definition) is 0. The summed E-state index contributed by atoms with van der Waals surface area (Å²) in [5.41, 5.74) is 1.41. The van der Waals surface area contributed by atoms with Crippen molar-refractivity contribution >= 4 is 16.5 Å². The SMILES string of the molecule is CC(C)(C)c1csc(N2CCCCCC2)n1. The smallest absolute Gasteiger partial charge is 0.185 e. The minimum absolute atomic E-state index is 0.181. The van der Waals surface area contributed by atoms with Crippen LogP contribution in [0.25, 0.3) is 0 Å². The van der Waals surface area contributed by atoms with Crippen molar-refractivity contribution in [3.8, 4) is 0 Å². The third-order valence-corrected chi connectivity index (χ3v) is 4.04. The maximum Gasteiger partial charge on any atom is 0.185 e. The summed E-state index contributed by atoms with van der Waals surface area (Å²) in [5.74, 6) is 0. The van der Waals surface area contributed by atoms with Crippen LogP contribution in [0.15, 0.2) is 5.38 Å². The monoisotopic (exact) mass is 238 g/mol. The van der Waals surface area contributed by atoms with Gasteiger partial charge in [0.05, 0.1) is 5.69 Å². The highest BCUT2D eigenvalue weighted by atomic mass is 32.1. The first kappa shape index (κ1) is 11.9. The molecular weight excluding hydrogens is 216 g/mol. The van der Waals surface area contributed by atoms with Gasteiger partial charge in [-0.05, 0) is 12.8 Å². The fraction of sp³-hybridized carbons (Fsp3) is 0.769. The highest BCUT2D eigenvalue weighted by Gasteiger charge is 2.20. The molecule has 2 heterocycles. The zero-order valence-electron chi connectivity index (χ0n) is 10.6. The molecule has 90 valence electrons. The van der Waals surface area contributed by atoms with Crippen LogP contribution in [0.3, 0.4) is 0 Å². The van der Waals surface area contributed by atoms with Gasteiger partial charge in [0.25, 0.3) is 0 Å². The molecule has 1 fully saturated rings. The van der Waals surface area contributed by atoms with Crippen molar-refractivity contribution in [2.75, 3.05) is 18.0 Å². The van der Waals surface area contributed by atoms with Gasteiger partial charge in [-0.15, -0.1) is 11.3 Å². The molecule has 0 atom stereocenters. The summed E-state index contributed by atoms with van der Waals surface area (Å²) < 4.78 is 0. The van der Waals surface area contributed by atoms with Gasteiger partial charge in [-0.25, -0.2) is 4.98 Å². The van der Waals surface area contributed by atoms with Gasteiger partial charge in [0.15, 0.2) is 5.13 Å². The molecular formula is C13H22N2S. The number of nitrogens with zero attached hydrogens (tertiary/aromatic N) is 2. The highest BCUT2D eigenvalue weighted by molar-refractivity contribution is 7.13. The van der Waals surface area contributed by atoms with Gasteiger partial charge in [0, 0.05) is 23.9 Å². The Morgan fingerprint density at radius 3 is 2.25 bits per heavy atom. The number of hydrogen-bond acceptors (Lipinski definition) is 3. The van der Waals surface area contributed by atoms with Crippen molar-refractivity contribution in [3.05, 3.63) is 11.1 Å². The van der Waals surface area contributed by atoms with Crippen LogP contribution in [0.1, 0.15) is 52.1 Å². The molecule has 3 heteroatoms. The summed E-state index contributed by atoms with van der Waals surface area (Å²) in [6.45, 7) is 9.07.